The molecular weight excluding hydrogens is 354 g/mol. The Kier molecular flexibility index (Phi) is 7.43. The van der Waals surface area contributed by atoms with Gasteiger partial charge in [0.05, 0.1) is 26.0 Å². The Morgan fingerprint density at radius 2 is 1.92 bits per heavy atom. The monoisotopic (exact) mass is 383 g/mol. The Hall–Kier alpha value is -1.64. The molecule has 7 nitrogen and oxygen atoms in total. The van der Waals surface area contributed by atoms with Gasteiger partial charge >= 0.3 is 0 Å². The van der Waals surface area contributed by atoms with Gasteiger partial charge in [0, 0.05) is 19.2 Å². The van der Waals surface area contributed by atoms with E-state index in [1.54, 1.807) is 7.11 Å². The molecule has 0 bridgehead atoms. The van der Waals surface area contributed by atoms with Crippen LogP contribution in [0.1, 0.15) is 30.9 Å². The van der Waals surface area contributed by atoms with Crippen molar-refractivity contribution < 1.29 is 17.9 Å². The predicted octanol–water partition coefficient (Wildman–Crippen LogP) is 1.23. The molecule has 8 heteroatoms. The fraction of sp³-hybridized carbons (Fsp3) is 0.611. The maximum atomic E-state index is 12.2. The summed E-state index contributed by atoms with van der Waals surface area (Å²) in [5, 5.41) is 2.89. The Morgan fingerprint density at radius 1 is 1.27 bits per heavy atom. The van der Waals surface area contributed by atoms with Crippen LogP contribution in [-0.2, 0) is 14.8 Å². The van der Waals surface area contributed by atoms with E-state index >= 15 is 0 Å². The van der Waals surface area contributed by atoms with E-state index in [0.717, 1.165) is 47.8 Å². The first-order valence-electron chi connectivity index (χ1n) is 8.88. The molecule has 1 N–H and O–H groups in total. The van der Waals surface area contributed by atoms with Gasteiger partial charge in [0.2, 0.25) is 15.9 Å². The van der Waals surface area contributed by atoms with Crippen molar-refractivity contribution in [3.8, 4) is 5.75 Å². The smallest absolute Gasteiger partial charge is 0.235 e. The summed E-state index contributed by atoms with van der Waals surface area (Å²) in [4.78, 5) is 14.6. The molecule has 0 saturated carbocycles. The molecule has 1 aliphatic rings. The van der Waals surface area contributed by atoms with Crippen LogP contribution in [0.3, 0.4) is 0 Å². The second-order valence-electron chi connectivity index (χ2n) is 6.68. The molecule has 0 aromatic heterocycles. The highest BCUT2D eigenvalue weighted by Gasteiger charge is 2.25. The van der Waals surface area contributed by atoms with E-state index in [1.807, 2.05) is 24.3 Å². The van der Waals surface area contributed by atoms with Crippen molar-refractivity contribution >= 4 is 15.9 Å². The van der Waals surface area contributed by atoms with E-state index in [4.69, 9.17) is 4.74 Å². The zero-order chi connectivity index (χ0) is 19.2. The summed E-state index contributed by atoms with van der Waals surface area (Å²) in [5.74, 6) is 0.486. The third-order valence-electron chi connectivity index (χ3n) is 4.75. The number of amides is 1. The first kappa shape index (κ1) is 20.7. The second kappa shape index (κ2) is 9.34. The first-order chi connectivity index (χ1) is 12.3. The summed E-state index contributed by atoms with van der Waals surface area (Å²) in [7, 11) is -0.333. The Balaban J connectivity index is 2.10. The van der Waals surface area contributed by atoms with Crippen LogP contribution in [0.15, 0.2) is 24.3 Å². The molecule has 2 rings (SSSR count). The number of nitrogens with one attached hydrogen (secondary N) is 1. The van der Waals surface area contributed by atoms with Crippen molar-refractivity contribution in [3.05, 3.63) is 29.8 Å². The lowest BCUT2D eigenvalue weighted by Crippen LogP contribution is -2.43. The molecule has 1 aliphatic heterocycles. The average molecular weight is 384 g/mol. The molecule has 0 radical (unpaired) electrons. The minimum Gasteiger partial charge on any atom is -0.496 e. The normalized spacial score (nSPS) is 17.1. The number of methoxy groups -OCH3 is 1. The summed E-state index contributed by atoms with van der Waals surface area (Å²) in [5.41, 5.74) is 1.04. The van der Waals surface area contributed by atoms with Gasteiger partial charge in [0.25, 0.3) is 0 Å². The first-order valence-corrected chi connectivity index (χ1v) is 10.7. The Bertz CT molecular complexity index is 702. The number of piperidine rings is 1. The number of hydrogen-bond acceptors (Lipinski definition) is 5. The fourth-order valence-corrected chi connectivity index (χ4v) is 3.55. The number of sulfonamides is 1. The summed E-state index contributed by atoms with van der Waals surface area (Å²) < 4.78 is 29.5. The number of carbonyl (C=O) groups is 1. The van der Waals surface area contributed by atoms with Crippen molar-refractivity contribution in [1.82, 2.24) is 14.5 Å². The summed E-state index contributed by atoms with van der Waals surface area (Å²) >= 11 is 0. The molecule has 26 heavy (non-hydrogen) atoms. The molecule has 0 spiro atoms. The van der Waals surface area contributed by atoms with Crippen LogP contribution in [0.2, 0.25) is 0 Å². The van der Waals surface area contributed by atoms with E-state index in [9.17, 15) is 13.2 Å². The zero-order valence-corrected chi connectivity index (χ0v) is 16.6. The van der Waals surface area contributed by atoms with Crippen LogP contribution in [-0.4, -0.2) is 70.1 Å². The predicted molar refractivity (Wildman–Crippen MR) is 102 cm³/mol. The molecule has 1 saturated heterocycles. The van der Waals surface area contributed by atoms with Crippen LogP contribution < -0.4 is 10.1 Å². The molecular formula is C18H29N3O4S. The van der Waals surface area contributed by atoms with Crippen LogP contribution >= 0.6 is 0 Å². The lowest BCUT2D eigenvalue weighted by atomic mass is 10.0. The van der Waals surface area contributed by atoms with Gasteiger partial charge in [-0.2, -0.15) is 4.31 Å². The van der Waals surface area contributed by atoms with E-state index in [1.165, 1.54) is 13.5 Å². The summed E-state index contributed by atoms with van der Waals surface area (Å²) in [6.07, 6.45) is 4.58. The molecule has 146 valence electrons. The molecule has 1 aromatic carbocycles. The topological polar surface area (TPSA) is 79.0 Å². The fourth-order valence-electron chi connectivity index (χ4n) is 3.19. The minimum absolute atomic E-state index is 0.000982. The maximum absolute atomic E-state index is 12.2. The van der Waals surface area contributed by atoms with Crippen molar-refractivity contribution in [2.45, 2.75) is 25.3 Å². The number of ether oxygens (including phenoxy) is 1. The lowest BCUT2D eigenvalue weighted by molar-refractivity contribution is -0.121. The molecule has 1 heterocycles. The number of rotatable bonds is 8. The third kappa shape index (κ3) is 5.69. The van der Waals surface area contributed by atoms with Gasteiger partial charge in [-0.1, -0.05) is 24.6 Å². The van der Waals surface area contributed by atoms with E-state index in [-0.39, 0.29) is 18.5 Å². The largest absolute Gasteiger partial charge is 0.496 e. The molecule has 1 unspecified atom stereocenters. The van der Waals surface area contributed by atoms with Gasteiger partial charge in [-0.3, -0.25) is 9.69 Å². The number of para-hydroxylation sites is 1. The van der Waals surface area contributed by atoms with Gasteiger partial charge in [-0.05, 0) is 32.0 Å². The van der Waals surface area contributed by atoms with Crippen LogP contribution in [0.5, 0.6) is 5.75 Å². The number of nitrogens with zero attached hydrogens (tertiary/aromatic N) is 2. The minimum atomic E-state index is -3.38. The van der Waals surface area contributed by atoms with E-state index in [2.05, 4.69) is 10.2 Å². The number of benzene rings is 1. The lowest BCUT2D eigenvalue weighted by Gasteiger charge is -2.35. The van der Waals surface area contributed by atoms with Gasteiger partial charge < -0.3 is 10.1 Å². The Labute approximate surface area is 156 Å². The maximum Gasteiger partial charge on any atom is 0.235 e. The van der Waals surface area contributed by atoms with Gasteiger partial charge in [-0.15, -0.1) is 0 Å². The summed E-state index contributed by atoms with van der Waals surface area (Å²) in [6, 6.07) is 7.83. The number of likely N-dealkylation sites (N-methyl/N-ethyl adjacent to an activating group) is 1. The molecule has 1 atom stereocenters. The van der Waals surface area contributed by atoms with Crippen molar-refractivity contribution in [3.63, 3.8) is 0 Å². The molecule has 1 amide bonds. The van der Waals surface area contributed by atoms with Gasteiger partial charge in [-0.25, -0.2) is 8.42 Å². The third-order valence-corrected chi connectivity index (χ3v) is 6.02. The SMILES string of the molecule is COc1ccccc1C(CNC(=O)CN(C)S(C)(=O)=O)N1CCCCC1. The van der Waals surface area contributed by atoms with E-state index in [0.29, 0.717) is 6.54 Å². The molecule has 1 fully saturated rings. The van der Waals surface area contributed by atoms with Gasteiger partial charge in [0.15, 0.2) is 0 Å². The summed E-state index contributed by atoms with van der Waals surface area (Å²) in [6.45, 7) is 2.18. The van der Waals surface area contributed by atoms with Crippen LogP contribution in [0.4, 0.5) is 0 Å². The van der Waals surface area contributed by atoms with Crippen molar-refractivity contribution in [2.24, 2.45) is 0 Å². The van der Waals surface area contributed by atoms with E-state index < -0.39 is 10.0 Å². The zero-order valence-electron chi connectivity index (χ0n) is 15.8. The molecule has 1 aromatic rings. The molecule has 0 aliphatic carbocycles. The second-order valence-corrected chi connectivity index (χ2v) is 8.77. The van der Waals surface area contributed by atoms with Gasteiger partial charge in [0.1, 0.15) is 5.75 Å². The number of hydrogen-bond donors (Lipinski definition) is 1. The highest BCUT2D eigenvalue weighted by atomic mass is 32.2. The number of likely N-dealkylation sites (tertiary alicyclic amines) is 1. The van der Waals surface area contributed by atoms with Crippen LogP contribution in [0, 0.1) is 0 Å². The Morgan fingerprint density at radius 3 is 2.54 bits per heavy atom. The standard InChI is InChI=1S/C18H29N3O4S/c1-20(26(3,23)24)14-18(22)19-13-16(21-11-7-4-8-12-21)15-9-5-6-10-17(15)25-2/h5-6,9-10,16H,4,7-8,11-14H2,1-3H3,(H,19,22). The highest BCUT2D eigenvalue weighted by molar-refractivity contribution is 7.88. The highest BCUT2D eigenvalue weighted by Crippen LogP contribution is 2.30. The van der Waals surface area contributed by atoms with Crippen LogP contribution in [0.25, 0.3) is 0 Å². The quantitative estimate of drug-likeness (QED) is 0.730. The van der Waals surface area contributed by atoms with Crippen molar-refractivity contribution in [2.75, 3.05) is 46.6 Å². The number of carbonyl (C=O) groups excluding carboxylic acids is 1. The average Bonchev–Trinajstić information content (AvgIpc) is 2.62. The van der Waals surface area contributed by atoms with Crippen molar-refractivity contribution in [1.29, 1.82) is 0 Å².